The van der Waals surface area contributed by atoms with Crippen molar-refractivity contribution < 1.29 is 14.2 Å². The molecule has 0 unspecified atom stereocenters. The summed E-state index contributed by atoms with van der Waals surface area (Å²) in [5, 5.41) is 2.35. The van der Waals surface area contributed by atoms with Crippen molar-refractivity contribution in [1.29, 1.82) is 0 Å². The van der Waals surface area contributed by atoms with Gasteiger partial charge >= 0.3 is 177 Å². The van der Waals surface area contributed by atoms with Crippen molar-refractivity contribution in [3.8, 4) is 28.5 Å². The third-order valence-corrected chi connectivity index (χ3v) is 7.02. The second-order valence-corrected chi connectivity index (χ2v) is 8.63. The average Bonchev–Trinajstić information content (AvgIpc) is 2.79. The zero-order valence-electron chi connectivity index (χ0n) is 16.5. The second-order valence-electron chi connectivity index (χ2n) is 6.35. The van der Waals surface area contributed by atoms with Crippen LogP contribution in [-0.2, 0) is 0 Å². The van der Waals surface area contributed by atoms with Gasteiger partial charge in [-0.3, -0.25) is 0 Å². The van der Waals surface area contributed by atoms with Crippen molar-refractivity contribution in [2.45, 2.75) is 0 Å². The van der Waals surface area contributed by atoms with E-state index in [1.54, 1.807) is 21.3 Å². The van der Waals surface area contributed by atoms with Crippen molar-refractivity contribution in [2.75, 3.05) is 21.3 Å². The number of fused-ring (bicyclic) bond motifs is 1. The minimum atomic E-state index is 0.0881. The summed E-state index contributed by atoms with van der Waals surface area (Å²) < 4.78 is 19.1. The quantitative estimate of drug-likeness (QED) is 0.421. The molecule has 29 heavy (non-hydrogen) atoms. The number of ether oxygens (including phenoxy) is 3. The fourth-order valence-corrected chi connectivity index (χ4v) is 5.56. The predicted molar refractivity (Wildman–Crippen MR) is 118 cm³/mol. The molecular formula is C24H21NO3Se. The third kappa shape index (κ3) is 3.80. The molecule has 0 bridgehead atoms. The Labute approximate surface area is 176 Å². The van der Waals surface area contributed by atoms with Crippen molar-refractivity contribution in [3.63, 3.8) is 0 Å². The number of nitrogens with zero attached hydrogens (tertiary/aromatic N) is 1. The molecule has 0 radical (unpaired) electrons. The number of benzene rings is 3. The molecular weight excluding hydrogens is 429 g/mol. The Kier molecular flexibility index (Phi) is 5.70. The molecule has 0 fully saturated rings. The number of pyridine rings is 1. The maximum absolute atomic E-state index is 5.56. The van der Waals surface area contributed by atoms with Gasteiger partial charge in [0.1, 0.15) is 0 Å². The number of hydrogen-bond donors (Lipinski definition) is 0. The molecule has 0 aliphatic rings. The van der Waals surface area contributed by atoms with E-state index < -0.39 is 0 Å². The average molecular weight is 450 g/mol. The first-order valence-corrected chi connectivity index (χ1v) is 10.9. The zero-order chi connectivity index (χ0) is 20.2. The van der Waals surface area contributed by atoms with Crippen LogP contribution in [0.25, 0.3) is 22.0 Å². The fraction of sp³-hybridized carbons (Fsp3) is 0.125. The van der Waals surface area contributed by atoms with Crippen molar-refractivity contribution in [2.24, 2.45) is 0 Å². The van der Waals surface area contributed by atoms with Gasteiger partial charge in [-0.1, -0.05) is 0 Å². The van der Waals surface area contributed by atoms with E-state index in [1.807, 2.05) is 30.5 Å². The molecule has 4 rings (SSSR count). The monoisotopic (exact) mass is 451 g/mol. The second kappa shape index (κ2) is 8.56. The van der Waals surface area contributed by atoms with E-state index in [1.165, 1.54) is 14.3 Å². The van der Waals surface area contributed by atoms with Gasteiger partial charge in [-0.15, -0.1) is 0 Å². The van der Waals surface area contributed by atoms with E-state index in [0.29, 0.717) is 17.2 Å². The molecule has 0 spiro atoms. The van der Waals surface area contributed by atoms with Crippen LogP contribution in [0.5, 0.6) is 17.2 Å². The predicted octanol–water partition coefficient (Wildman–Crippen LogP) is 3.58. The summed E-state index contributed by atoms with van der Waals surface area (Å²) in [4.78, 5) is 4.84. The molecule has 0 saturated heterocycles. The summed E-state index contributed by atoms with van der Waals surface area (Å²) in [5.74, 6) is 1.82. The minimum absolute atomic E-state index is 0.0881. The molecule has 5 heteroatoms. The van der Waals surface area contributed by atoms with Gasteiger partial charge in [0.15, 0.2) is 0 Å². The number of rotatable bonds is 6. The SMILES string of the molecule is COc1cc(-c2ncc3ccccc3c2[Se]c2ccccc2)cc(OC)c1OC. The number of aromatic nitrogens is 1. The van der Waals surface area contributed by atoms with Crippen LogP contribution in [0.3, 0.4) is 0 Å². The van der Waals surface area contributed by atoms with Crippen LogP contribution in [0.2, 0.25) is 0 Å². The molecule has 0 aliphatic heterocycles. The van der Waals surface area contributed by atoms with Crippen LogP contribution < -0.4 is 23.1 Å². The van der Waals surface area contributed by atoms with E-state index >= 15 is 0 Å². The number of hydrogen-bond acceptors (Lipinski definition) is 4. The van der Waals surface area contributed by atoms with Crippen LogP contribution in [0.4, 0.5) is 0 Å². The summed E-state index contributed by atoms with van der Waals surface area (Å²) in [6.07, 6.45) is 1.93. The molecule has 0 N–H and O–H groups in total. The molecule has 0 amide bonds. The van der Waals surface area contributed by atoms with Crippen LogP contribution in [-0.4, -0.2) is 41.3 Å². The van der Waals surface area contributed by atoms with Crippen LogP contribution in [0.15, 0.2) is 72.9 Å². The van der Waals surface area contributed by atoms with Crippen LogP contribution in [0.1, 0.15) is 0 Å². The molecule has 4 nitrogen and oxygen atoms in total. The Morgan fingerprint density at radius 1 is 0.759 bits per heavy atom. The first kappa shape index (κ1) is 19.3. The van der Waals surface area contributed by atoms with Crippen molar-refractivity contribution in [1.82, 2.24) is 4.98 Å². The standard InChI is InChI=1S/C24H21NO3Se/c1-26-20-13-17(14-21(27-2)23(20)28-3)22-24(29-18-10-5-4-6-11-18)19-12-8-7-9-16(19)15-25-22/h4-15H,1-3H3. The molecule has 146 valence electrons. The topological polar surface area (TPSA) is 40.6 Å². The van der Waals surface area contributed by atoms with Crippen LogP contribution in [0, 0.1) is 0 Å². The van der Waals surface area contributed by atoms with E-state index in [2.05, 4.69) is 42.5 Å². The summed E-state index contributed by atoms with van der Waals surface area (Å²) in [6, 6.07) is 22.8. The van der Waals surface area contributed by atoms with E-state index in [9.17, 15) is 0 Å². The van der Waals surface area contributed by atoms with Gasteiger partial charge in [-0.2, -0.15) is 0 Å². The van der Waals surface area contributed by atoms with Gasteiger partial charge in [-0.25, -0.2) is 0 Å². The van der Waals surface area contributed by atoms with Crippen molar-refractivity contribution in [3.05, 3.63) is 72.9 Å². The zero-order valence-corrected chi connectivity index (χ0v) is 18.2. The molecule has 4 aromatic rings. The van der Waals surface area contributed by atoms with Crippen LogP contribution >= 0.6 is 0 Å². The summed E-state index contributed by atoms with van der Waals surface area (Å²) >= 11 is 0.0881. The Morgan fingerprint density at radius 2 is 1.41 bits per heavy atom. The molecule has 0 atom stereocenters. The fourth-order valence-electron chi connectivity index (χ4n) is 3.27. The summed E-state index contributed by atoms with van der Waals surface area (Å²) in [7, 11) is 4.87. The molecule has 1 heterocycles. The molecule has 1 aromatic heterocycles. The summed E-state index contributed by atoms with van der Waals surface area (Å²) in [6.45, 7) is 0. The van der Waals surface area contributed by atoms with E-state index in [-0.39, 0.29) is 15.0 Å². The Morgan fingerprint density at radius 3 is 2.07 bits per heavy atom. The number of methoxy groups -OCH3 is 3. The van der Waals surface area contributed by atoms with Gasteiger partial charge in [-0.05, 0) is 0 Å². The normalized spacial score (nSPS) is 10.7. The summed E-state index contributed by atoms with van der Waals surface area (Å²) in [5.41, 5.74) is 1.88. The van der Waals surface area contributed by atoms with E-state index in [0.717, 1.165) is 16.6 Å². The first-order chi connectivity index (χ1) is 14.2. The van der Waals surface area contributed by atoms with Gasteiger partial charge < -0.3 is 0 Å². The molecule has 0 saturated carbocycles. The maximum atomic E-state index is 5.56. The van der Waals surface area contributed by atoms with E-state index in [4.69, 9.17) is 19.2 Å². The molecule has 3 aromatic carbocycles. The van der Waals surface area contributed by atoms with Gasteiger partial charge in [0.05, 0.1) is 0 Å². The first-order valence-electron chi connectivity index (χ1n) is 9.16. The Balaban J connectivity index is 1.95. The van der Waals surface area contributed by atoms with Gasteiger partial charge in [0.25, 0.3) is 0 Å². The van der Waals surface area contributed by atoms with Gasteiger partial charge in [0, 0.05) is 0 Å². The Bertz CT molecular complexity index is 1120. The van der Waals surface area contributed by atoms with Gasteiger partial charge in [0.2, 0.25) is 0 Å². The third-order valence-electron chi connectivity index (χ3n) is 4.65. The molecule has 0 aliphatic carbocycles. The Hall–Kier alpha value is -3.01. The van der Waals surface area contributed by atoms with Crippen molar-refractivity contribution >= 4 is 34.7 Å².